The highest BCUT2D eigenvalue weighted by atomic mass is 16.6. The summed E-state index contributed by atoms with van der Waals surface area (Å²) in [5.74, 6) is -0.0385. The fourth-order valence-corrected chi connectivity index (χ4v) is 2.94. The number of amides is 1. The highest BCUT2D eigenvalue weighted by Gasteiger charge is 2.17. The fraction of sp³-hybridized carbons (Fsp3) is 0.211. The van der Waals surface area contributed by atoms with Gasteiger partial charge in [-0.25, -0.2) is 0 Å². The van der Waals surface area contributed by atoms with Gasteiger partial charge in [0.15, 0.2) is 0 Å². The number of H-pyrrole nitrogens is 1. The summed E-state index contributed by atoms with van der Waals surface area (Å²) in [6.45, 7) is 0.226. The van der Waals surface area contributed by atoms with E-state index in [0.29, 0.717) is 18.4 Å². The summed E-state index contributed by atoms with van der Waals surface area (Å²) in [7, 11) is 1.67. The topological polar surface area (TPSA) is 79.2 Å². The standard InChI is InChI=1S/C19H19N3O3/c1-21(13-15-6-2-5-9-18(15)22(24)25)19(23)11-10-14-12-20-17-8-4-3-7-16(14)17/h2-9,12,20H,10-11,13H2,1H3. The molecule has 0 spiro atoms. The Kier molecular flexibility index (Phi) is 4.79. The molecule has 2 aromatic carbocycles. The molecule has 128 valence electrons. The predicted molar refractivity (Wildman–Crippen MR) is 96.2 cm³/mol. The van der Waals surface area contributed by atoms with Crippen molar-refractivity contribution in [2.24, 2.45) is 0 Å². The van der Waals surface area contributed by atoms with Crippen LogP contribution in [0.15, 0.2) is 54.7 Å². The van der Waals surface area contributed by atoms with E-state index in [4.69, 9.17) is 0 Å². The zero-order valence-electron chi connectivity index (χ0n) is 13.9. The summed E-state index contributed by atoms with van der Waals surface area (Å²) in [6, 6.07) is 14.5. The number of nitro benzene ring substituents is 1. The van der Waals surface area contributed by atoms with Crippen LogP contribution in [0.5, 0.6) is 0 Å². The lowest BCUT2D eigenvalue weighted by molar-refractivity contribution is -0.385. The molecule has 0 saturated carbocycles. The van der Waals surface area contributed by atoms with Crippen molar-refractivity contribution < 1.29 is 9.72 Å². The smallest absolute Gasteiger partial charge is 0.274 e. The zero-order valence-corrected chi connectivity index (χ0v) is 13.9. The molecule has 1 amide bonds. The highest BCUT2D eigenvalue weighted by Crippen LogP contribution is 2.21. The number of carbonyl (C=O) groups excluding carboxylic acids is 1. The molecule has 1 N–H and O–H groups in total. The molecule has 0 unspecified atom stereocenters. The first kappa shape index (κ1) is 16.7. The maximum absolute atomic E-state index is 12.4. The Bertz CT molecular complexity index is 917. The SMILES string of the molecule is CN(Cc1ccccc1[N+](=O)[O-])C(=O)CCc1c[nH]c2ccccc12. The quantitative estimate of drug-likeness (QED) is 0.550. The van der Waals surface area contributed by atoms with Crippen LogP contribution in [0.4, 0.5) is 5.69 Å². The van der Waals surface area contributed by atoms with Crippen molar-refractivity contribution in [1.82, 2.24) is 9.88 Å². The van der Waals surface area contributed by atoms with Crippen LogP contribution < -0.4 is 0 Å². The number of nitrogens with zero attached hydrogens (tertiary/aromatic N) is 2. The van der Waals surface area contributed by atoms with Gasteiger partial charge in [-0.05, 0) is 18.1 Å². The van der Waals surface area contributed by atoms with Gasteiger partial charge in [-0.2, -0.15) is 0 Å². The second-order valence-electron chi connectivity index (χ2n) is 6.00. The van der Waals surface area contributed by atoms with Crippen LogP contribution in [-0.2, 0) is 17.8 Å². The van der Waals surface area contributed by atoms with E-state index in [9.17, 15) is 14.9 Å². The summed E-state index contributed by atoms with van der Waals surface area (Å²) in [4.78, 5) is 27.8. The number of aryl methyl sites for hydroxylation is 1. The number of hydrogen-bond donors (Lipinski definition) is 1. The van der Waals surface area contributed by atoms with E-state index >= 15 is 0 Å². The van der Waals surface area contributed by atoms with Gasteiger partial charge in [-0.3, -0.25) is 14.9 Å². The second-order valence-corrected chi connectivity index (χ2v) is 6.00. The highest BCUT2D eigenvalue weighted by molar-refractivity contribution is 5.84. The Balaban J connectivity index is 1.64. The van der Waals surface area contributed by atoms with Gasteiger partial charge in [0.05, 0.1) is 11.5 Å². The molecule has 0 saturated heterocycles. The van der Waals surface area contributed by atoms with E-state index < -0.39 is 4.92 Å². The van der Waals surface area contributed by atoms with Crippen LogP contribution >= 0.6 is 0 Å². The first-order chi connectivity index (χ1) is 12.1. The Hall–Kier alpha value is -3.15. The molecule has 6 heteroatoms. The maximum Gasteiger partial charge on any atom is 0.274 e. The number of rotatable bonds is 6. The van der Waals surface area contributed by atoms with Crippen LogP contribution in [0.2, 0.25) is 0 Å². The lowest BCUT2D eigenvalue weighted by Crippen LogP contribution is -2.26. The average Bonchev–Trinajstić information content (AvgIpc) is 3.03. The molecule has 0 aliphatic rings. The third kappa shape index (κ3) is 3.68. The van der Waals surface area contributed by atoms with Crippen molar-refractivity contribution in [3.63, 3.8) is 0 Å². The number of aromatic amines is 1. The minimum absolute atomic E-state index is 0.0385. The van der Waals surface area contributed by atoms with Gasteiger partial charge in [-0.15, -0.1) is 0 Å². The van der Waals surface area contributed by atoms with E-state index in [1.54, 1.807) is 25.2 Å². The monoisotopic (exact) mass is 337 g/mol. The Morgan fingerprint density at radius 2 is 1.84 bits per heavy atom. The minimum Gasteiger partial charge on any atom is -0.361 e. The Labute approximate surface area is 145 Å². The molecular formula is C19H19N3O3. The van der Waals surface area contributed by atoms with E-state index in [0.717, 1.165) is 16.5 Å². The molecule has 3 rings (SSSR count). The second kappa shape index (κ2) is 7.17. The molecule has 0 atom stereocenters. The molecule has 0 fully saturated rings. The molecule has 0 aliphatic carbocycles. The minimum atomic E-state index is -0.417. The number of nitro groups is 1. The molecule has 0 radical (unpaired) electrons. The molecule has 3 aromatic rings. The first-order valence-electron chi connectivity index (χ1n) is 8.07. The maximum atomic E-state index is 12.4. The molecule has 0 aliphatic heterocycles. The Morgan fingerprint density at radius 1 is 1.12 bits per heavy atom. The Morgan fingerprint density at radius 3 is 2.64 bits per heavy atom. The molecule has 0 bridgehead atoms. The van der Waals surface area contributed by atoms with Crippen LogP contribution in [0.1, 0.15) is 17.5 Å². The number of fused-ring (bicyclic) bond motifs is 1. The van der Waals surface area contributed by atoms with E-state index in [1.807, 2.05) is 30.5 Å². The van der Waals surface area contributed by atoms with E-state index in [-0.39, 0.29) is 18.1 Å². The van der Waals surface area contributed by atoms with Gasteiger partial charge >= 0.3 is 0 Å². The fourth-order valence-electron chi connectivity index (χ4n) is 2.94. The van der Waals surface area contributed by atoms with Gasteiger partial charge in [0, 0.05) is 42.2 Å². The van der Waals surface area contributed by atoms with Crippen LogP contribution in [0, 0.1) is 10.1 Å². The predicted octanol–water partition coefficient (Wildman–Crippen LogP) is 3.67. The third-order valence-electron chi connectivity index (χ3n) is 4.30. The van der Waals surface area contributed by atoms with Crippen molar-refractivity contribution in [3.8, 4) is 0 Å². The largest absolute Gasteiger partial charge is 0.361 e. The summed E-state index contributed by atoms with van der Waals surface area (Å²) in [5, 5.41) is 12.2. The van der Waals surface area contributed by atoms with Gasteiger partial charge < -0.3 is 9.88 Å². The first-order valence-corrected chi connectivity index (χ1v) is 8.07. The van der Waals surface area contributed by atoms with Gasteiger partial charge in [0.25, 0.3) is 5.69 Å². The molecule has 6 nitrogen and oxygen atoms in total. The van der Waals surface area contributed by atoms with Crippen LogP contribution in [0.25, 0.3) is 10.9 Å². The lowest BCUT2D eigenvalue weighted by Gasteiger charge is -2.17. The number of benzene rings is 2. The van der Waals surface area contributed by atoms with Crippen LogP contribution in [0.3, 0.4) is 0 Å². The number of para-hydroxylation sites is 2. The zero-order chi connectivity index (χ0) is 17.8. The van der Waals surface area contributed by atoms with Crippen molar-refractivity contribution in [1.29, 1.82) is 0 Å². The summed E-state index contributed by atoms with van der Waals surface area (Å²) >= 11 is 0. The number of aromatic nitrogens is 1. The molecule has 25 heavy (non-hydrogen) atoms. The molecule has 1 heterocycles. The normalized spacial score (nSPS) is 10.8. The number of carbonyl (C=O) groups is 1. The van der Waals surface area contributed by atoms with Crippen molar-refractivity contribution in [2.75, 3.05) is 7.05 Å². The van der Waals surface area contributed by atoms with Gasteiger partial charge in [0.1, 0.15) is 0 Å². The molecular weight excluding hydrogens is 318 g/mol. The van der Waals surface area contributed by atoms with Crippen molar-refractivity contribution in [2.45, 2.75) is 19.4 Å². The van der Waals surface area contributed by atoms with Crippen LogP contribution in [-0.4, -0.2) is 27.8 Å². The van der Waals surface area contributed by atoms with E-state index in [2.05, 4.69) is 4.98 Å². The summed E-state index contributed by atoms with van der Waals surface area (Å²) in [5.41, 5.74) is 2.73. The number of hydrogen-bond acceptors (Lipinski definition) is 3. The van der Waals surface area contributed by atoms with E-state index in [1.165, 1.54) is 11.0 Å². The lowest BCUT2D eigenvalue weighted by atomic mass is 10.1. The van der Waals surface area contributed by atoms with Crippen molar-refractivity contribution in [3.05, 3.63) is 76.0 Å². The van der Waals surface area contributed by atoms with Gasteiger partial charge in [-0.1, -0.05) is 36.4 Å². The summed E-state index contributed by atoms with van der Waals surface area (Å²) < 4.78 is 0. The van der Waals surface area contributed by atoms with Gasteiger partial charge in [0.2, 0.25) is 5.91 Å². The van der Waals surface area contributed by atoms with Crippen molar-refractivity contribution >= 4 is 22.5 Å². The third-order valence-corrected chi connectivity index (χ3v) is 4.30. The molecule has 1 aromatic heterocycles. The summed E-state index contributed by atoms with van der Waals surface area (Å²) in [6.07, 6.45) is 2.92. The average molecular weight is 337 g/mol. The number of nitrogens with one attached hydrogen (secondary N) is 1.